The molecule has 0 spiro atoms. The molecule has 0 aromatic heterocycles. The Balaban J connectivity index is 3.55. The van der Waals surface area contributed by atoms with E-state index in [4.69, 9.17) is 9.84 Å². The Morgan fingerprint density at radius 2 is 1.47 bits per heavy atom. The number of hydrogen-bond acceptors (Lipinski definition) is 2. The second kappa shape index (κ2) is 14.5. The maximum Gasteiger partial charge on any atom is 0.0895 e. The first-order valence-electron chi connectivity index (χ1n) is 5.96. The van der Waals surface area contributed by atoms with Gasteiger partial charge in [-0.1, -0.05) is 55.5 Å². The van der Waals surface area contributed by atoms with Crippen molar-refractivity contribution in [3.05, 3.63) is 60.9 Å². The number of aliphatic hydroxyl groups excluding tert-OH is 1. The van der Waals surface area contributed by atoms with E-state index >= 15 is 0 Å². The number of allylic oxidation sites excluding steroid dienone is 9. The summed E-state index contributed by atoms with van der Waals surface area (Å²) in [6.45, 7) is 2.84. The van der Waals surface area contributed by atoms with Gasteiger partial charge >= 0.3 is 0 Å². The normalized spacial score (nSPS) is 13.1. The van der Waals surface area contributed by atoms with Gasteiger partial charge in [0.1, 0.15) is 0 Å². The molecule has 0 atom stereocenters. The fourth-order valence-electron chi connectivity index (χ4n) is 0.916. The van der Waals surface area contributed by atoms with Gasteiger partial charge in [0.2, 0.25) is 0 Å². The highest BCUT2D eigenvalue weighted by Gasteiger charge is 1.78. The van der Waals surface area contributed by atoms with Crippen molar-refractivity contribution in [2.75, 3.05) is 13.2 Å². The zero-order chi connectivity index (χ0) is 12.6. The van der Waals surface area contributed by atoms with Gasteiger partial charge < -0.3 is 9.84 Å². The van der Waals surface area contributed by atoms with Crippen molar-refractivity contribution in [3.63, 3.8) is 0 Å². The maximum atomic E-state index is 8.50. The summed E-state index contributed by atoms with van der Waals surface area (Å²) in [7, 11) is 0. The van der Waals surface area contributed by atoms with Crippen molar-refractivity contribution in [1.29, 1.82) is 0 Å². The van der Waals surface area contributed by atoms with Gasteiger partial charge in [0.05, 0.1) is 12.9 Å². The van der Waals surface area contributed by atoms with Crippen LogP contribution < -0.4 is 0 Å². The molecular weight excluding hydrogens is 212 g/mol. The Bertz CT molecular complexity index is 283. The average molecular weight is 234 g/mol. The van der Waals surface area contributed by atoms with E-state index in [1.807, 2.05) is 48.6 Å². The van der Waals surface area contributed by atoms with Crippen LogP contribution in [-0.4, -0.2) is 18.3 Å². The van der Waals surface area contributed by atoms with E-state index in [-0.39, 0.29) is 6.61 Å². The van der Waals surface area contributed by atoms with Gasteiger partial charge in [-0.05, 0) is 12.5 Å². The highest BCUT2D eigenvalue weighted by atomic mass is 16.5. The summed E-state index contributed by atoms with van der Waals surface area (Å²) >= 11 is 0. The van der Waals surface area contributed by atoms with Crippen molar-refractivity contribution in [1.82, 2.24) is 0 Å². The van der Waals surface area contributed by atoms with Crippen LogP contribution in [0.5, 0.6) is 0 Å². The van der Waals surface area contributed by atoms with E-state index in [1.165, 1.54) is 0 Å². The molecule has 0 fully saturated rings. The van der Waals surface area contributed by atoms with Crippen LogP contribution in [0.1, 0.15) is 19.8 Å². The summed E-state index contributed by atoms with van der Waals surface area (Å²) in [4.78, 5) is 0. The Labute approximate surface area is 104 Å². The third-order valence-corrected chi connectivity index (χ3v) is 1.74. The average Bonchev–Trinajstić information content (AvgIpc) is 2.35. The molecule has 2 heteroatoms. The maximum absolute atomic E-state index is 8.50. The smallest absolute Gasteiger partial charge is 0.0895 e. The van der Waals surface area contributed by atoms with Crippen LogP contribution >= 0.6 is 0 Å². The molecule has 0 aliphatic rings. The third-order valence-electron chi connectivity index (χ3n) is 1.74. The first-order chi connectivity index (χ1) is 8.41. The van der Waals surface area contributed by atoms with Crippen molar-refractivity contribution in [3.8, 4) is 0 Å². The lowest BCUT2D eigenvalue weighted by atomic mass is 10.3. The van der Waals surface area contributed by atoms with E-state index < -0.39 is 0 Å². The van der Waals surface area contributed by atoms with E-state index in [0.29, 0.717) is 13.0 Å². The SMILES string of the molecule is CC/C=C/C=C/C=C/C=C/C=C/OCCCO. The number of ether oxygens (including phenoxy) is 1. The van der Waals surface area contributed by atoms with Crippen LogP contribution in [0.2, 0.25) is 0 Å². The van der Waals surface area contributed by atoms with Gasteiger partial charge in [-0.3, -0.25) is 0 Å². The van der Waals surface area contributed by atoms with Gasteiger partial charge in [0.15, 0.2) is 0 Å². The quantitative estimate of drug-likeness (QED) is 0.375. The van der Waals surface area contributed by atoms with Gasteiger partial charge in [-0.25, -0.2) is 0 Å². The Morgan fingerprint density at radius 1 is 0.882 bits per heavy atom. The van der Waals surface area contributed by atoms with Gasteiger partial charge in [-0.15, -0.1) is 0 Å². The summed E-state index contributed by atoms with van der Waals surface area (Å²) in [5.74, 6) is 0. The lowest BCUT2D eigenvalue weighted by Crippen LogP contribution is -1.90. The van der Waals surface area contributed by atoms with Crippen LogP contribution in [0.25, 0.3) is 0 Å². The zero-order valence-electron chi connectivity index (χ0n) is 10.5. The van der Waals surface area contributed by atoms with E-state index in [1.54, 1.807) is 6.26 Å². The van der Waals surface area contributed by atoms with Crippen LogP contribution in [0, 0.1) is 0 Å². The number of hydrogen-bond donors (Lipinski definition) is 1. The summed E-state index contributed by atoms with van der Waals surface area (Å²) < 4.78 is 5.11. The van der Waals surface area contributed by atoms with Crippen molar-refractivity contribution >= 4 is 0 Å². The molecule has 0 unspecified atom stereocenters. The number of aliphatic hydroxyl groups is 1. The number of rotatable bonds is 9. The second-order valence-corrected chi connectivity index (χ2v) is 3.27. The van der Waals surface area contributed by atoms with E-state index in [9.17, 15) is 0 Å². The van der Waals surface area contributed by atoms with Gasteiger partial charge in [0, 0.05) is 13.0 Å². The monoisotopic (exact) mass is 234 g/mol. The highest BCUT2D eigenvalue weighted by molar-refractivity contribution is 5.17. The molecule has 0 bridgehead atoms. The Morgan fingerprint density at radius 3 is 2.06 bits per heavy atom. The largest absolute Gasteiger partial charge is 0.501 e. The lowest BCUT2D eigenvalue weighted by Gasteiger charge is -1.94. The van der Waals surface area contributed by atoms with Crippen molar-refractivity contribution < 1.29 is 9.84 Å². The molecule has 0 rings (SSSR count). The summed E-state index contributed by atoms with van der Waals surface area (Å²) in [5, 5.41) is 8.50. The van der Waals surface area contributed by atoms with E-state index in [0.717, 1.165) is 6.42 Å². The molecule has 0 radical (unpaired) electrons. The molecule has 17 heavy (non-hydrogen) atoms. The van der Waals surface area contributed by atoms with Crippen LogP contribution in [0.15, 0.2) is 60.9 Å². The molecular formula is C15H22O2. The van der Waals surface area contributed by atoms with E-state index in [2.05, 4.69) is 13.0 Å². The highest BCUT2D eigenvalue weighted by Crippen LogP contribution is 1.86. The predicted octanol–water partition coefficient (Wildman–Crippen LogP) is 3.53. The first-order valence-corrected chi connectivity index (χ1v) is 5.96. The molecule has 0 aliphatic carbocycles. The lowest BCUT2D eigenvalue weighted by molar-refractivity contribution is 0.199. The van der Waals surface area contributed by atoms with Gasteiger partial charge in [0.25, 0.3) is 0 Å². The van der Waals surface area contributed by atoms with Crippen LogP contribution in [-0.2, 0) is 4.74 Å². The van der Waals surface area contributed by atoms with Crippen LogP contribution in [0.3, 0.4) is 0 Å². The summed E-state index contributed by atoms with van der Waals surface area (Å²) in [5.41, 5.74) is 0. The molecule has 94 valence electrons. The predicted molar refractivity (Wildman–Crippen MR) is 73.6 cm³/mol. The minimum absolute atomic E-state index is 0.172. The topological polar surface area (TPSA) is 29.5 Å². The molecule has 0 aromatic carbocycles. The Hall–Kier alpha value is -1.54. The molecule has 0 aromatic rings. The fourth-order valence-corrected chi connectivity index (χ4v) is 0.916. The minimum atomic E-state index is 0.172. The molecule has 1 N–H and O–H groups in total. The molecule has 0 saturated heterocycles. The molecule has 0 heterocycles. The standard InChI is InChI=1S/C15H22O2/c1-2-3-4-5-6-7-8-9-10-11-14-17-15-12-13-16/h3-11,14,16H,2,12-13,15H2,1H3/b4-3+,6-5+,8-7+,10-9+,14-11+. The first kappa shape index (κ1) is 15.5. The summed E-state index contributed by atoms with van der Waals surface area (Å²) in [6.07, 6.45) is 21.0. The fraction of sp³-hybridized carbons (Fsp3) is 0.333. The zero-order valence-corrected chi connectivity index (χ0v) is 10.5. The van der Waals surface area contributed by atoms with Crippen molar-refractivity contribution in [2.45, 2.75) is 19.8 Å². The molecule has 2 nitrogen and oxygen atoms in total. The second-order valence-electron chi connectivity index (χ2n) is 3.27. The Kier molecular flexibility index (Phi) is 13.2. The molecule has 0 saturated carbocycles. The molecule has 0 aliphatic heterocycles. The molecule has 0 amide bonds. The van der Waals surface area contributed by atoms with Gasteiger partial charge in [-0.2, -0.15) is 0 Å². The van der Waals surface area contributed by atoms with Crippen LogP contribution in [0.4, 0.5) is 0 Å². The minimum Gasteiger partial charge on any atom is -0.501 e. The third kappa shape index (κ3) is 14.5. The van der Waals surface area contributed by atoms with Crippen molar-refractivity contribution in [2.24, 2.45) is 0 Å². The summed E-state index contributed by atoms with van der Waals surface area (Å²) in [6, 6.07) is 0.